The monoisotopic (exact) mass is 490 g/mol. The van der Waals surface area contributed by atoms with Gasteiger partial charge in [0.25, 0.3) is 10.0 Å². The lowest BCUT2D eigenvalue weighted by molar-refractivity contribution is -0.137. The predicted molar refractivity (Wildman–Crippen MR) is 111 cm³/mol. The summed E-state index contributed by atoms with van der Waals surface area (Å²) in [5.74, 6) is 0. The van der Waals surface area contributed by atoms with Crippen LogP contribution in [0, 0.1) is 0 Å². The topological polar surface area (TPSA) is 114 Å². The summed E-state index contributed by atoms with van der Waals surface area (Å²) in [4.78, 5) is 20.0. The number of nitrogens with zero attached hydrogens (tertiary/aromatic N) is 2. The number of amides is 1. The van der Waals surface area contributed by atoms with Gasteiger partial charge >= 0.3 is 12.3 Å². The molecule has 33 heavy (non-hydrogen) atoms. The Bertz CT molecular complexity index is 1050. The van der Waals surface area contributed by atoms with Gasteiger partial charge in [0.05, 0.1) is 43.4 Å². The zero-order valence-corrected chi connectivity index (χ0v) is 19.0. The number of carbonyl (C=O) groups excluding carboxylic acids is 1. The number of halogens is 3. The molecule has 0 spiro atoms. The van der Waals surface area contributed by atoms with Gasteiger partial charge in [-0.25, -0.2) is 22.9 Å². The van der Waals surface area contributed by atoms with Gasteiger partial charge < -0.3 is 19.4 Å². The standard InChI is InChI=1S/C20H25F3N4O5S/c1-19(2,3)32-18(28)27-9-15(26-33(29,30)17-8-24-12-25-17)16(10-27)31-11-13-4-6-14(7-5-13)20(21,22)23/h4-8,12,15-16,26H,9-11H2,1-3H3,(H,24,25). The van der Waals surface area contributed by atoms with E-state index in [2.05, 4.69) is 14.7 Å². The number of carbonyl (C=O) groups is 1. The van der Waals surface area contributed by atoms with Gasteiger partial charge in [-0.05, 0) is 38.5 Å². The molecular formula is C20H25F3N4O5S. The molecule has 2 heterocycles. The van der Waals surface area contributed by atoms with Gasteiger partial charge in [-0.1, -0.05) is 12.1 Å². The van der Waals surface area contributed by atoms with Gasteiger partial charge in [0.1, 0.15) is 5.60 Å². The number of benzene rings is 1. The first-order valence-corrected chi connectivity index (χ1v) is 11.5. The van der Waals surface area contributed by atoms with Gasteiger partial charge in [0.15, 0.2) is 5.03 Å². The number of H-pyrrole nitrogens is 1. The highest BCUT2D eigenvalue weighted by Gasteiger charge is 2.40. The van der Waals surface area contributed by atoms with Crippen LogP contribution in [0.25, 0.3) is 0 Å². The molecule has 0 radical (unpaired) electrons. The smallest absolute Gasteiger partial charge is 0.416 e. The van der Waals surface area contributed by atoms with Crippen molar-refractivity contribution in [3.05, 3.63) is 47.9 Å². The molecule has 3 rings (SSSR count). The van der Waals surface area contributed by atoms with Crippen molar-refractivity contribution in [2.24, 2.45) is 0 Å². The Morgan fingerprint density at radius 3 is 2.42 bits per heavy atom. The summed E-state index contributed by atoms with van der Waals surface area (Å²) < 4.78 is 77.2. The quantitative estimate of drug-likeness (QED) is 0.644. The van der Waals surface area contributed by atoms with E-state index >= 15 is 0 Å². The summed E-state index contributed by atoms with van der Waals surface area (Å²) in [6, 6.07) is 3.64. The number of likely N-dealkylation sites (tertiary alicyclic amines) is 1. The van der Waals surface area contributed by atoms with Crippen molar-refractivity contribution >= 4 is 16.1 Å². The molecule has 2 unspecified atom stereocenters. The molecule has 1 amide bonds. The van der Waals surface area contributed by atoms with Gasteiger partial charge in [-0.15, -0.1) is 0 Å². The van der Waals surface area contributed by atoms with Crippen LogP contribution in [-0.4, -0.2) is 60.2 Å². The molecule has 9 nitrogen and oxygen atoms in total. The van der Waals surface area contributed by atoms with Crippen molar-refractivity contribution in [2.75, 3.05) is 13.1 Å². The van der Waals surface area contributed by atoms with Crippen LogP contribution in [0.5, 0.6) is 0 Å². The molecule has 1 saturated heterocycles. The molecule has 1 aliphatic heterocycles. The number of alkyl halides is 3. The molecular weight excluding hydrogens is 465 g/mol. The fourth-order valence-corrected chi connectivity index (χ4v) is 4.34. The summed E-state index contributed by atoms with van der Waals surface area (Å²) >= 11 is 0. The van der Waals surface area contributed by atoms with Crippen molar-refractivity contribution in [3.8, 4) is 0 Å². The molecule has 182 valence electrons. The van der Waals surface area contributed by atoms with Crippen LogP contribution >= 0.6 is 0 Å². The second kappa shape index (κ2) is 9.31. The maximum atomic E-state index is 12.8. The van der Waals surface area contributed by atoms with Gasteiger partial charge in [0.2, 0.25) is 0 Å². The van der Waals surface area contributed by atoms with Crippen LogP contribution in [-0.2, 0) is 32.3 Å². The summed E-state index contributed by atoms with van der Waals surface area (Å²) in [7, 11) is -3.97. The van der Waals surface area contributed by atoms with E-state index in [-0.39, 0.29) is 24.7 Å². The van der Waals surface area contributed by atoms with Crippen molar-refractivity contribution in [2.45, 2.75) is 56.3 Å². The van der Waals surface area contributed by atoms with Crippen LogP contribution in [0.1, 0.15) is 31.9 Å². The van der Waals surface area contributed by atoms with Crippen molar-refractivity contribution < 1.29 is 35.9 Å². The molecule has 0 saturated carbocycles. The first-order chi connectivity index (χ1) is 15.2. The first kappa shape index (κ1) is 25.0. The average Bonchev–Trinajstić information content (AvgIpc) is 3.35. The minimum atomic E-state index is -4.45. The third-order valence-corrected chi connectivity index (χ3v) is 6.15. The lowest BCUT2D eigenvalue weighted by Crippen LogP contribution is -2.44. The maximum absolute atomic E-state index is 12.8. The molecule has 2 atom stereocenters. The van der Waals surface area contributed by atoms with E-state index in [1.165, 1.54) is 23.4 Å². The van der Waals surface area contributed by atoms with E-state index in [0.29, 0.717) is 5.56 Å². The molecule has 1 aromatic heterocycles. The summed E-state index contributed by atoms with van der Waals surface area (Å²) in [6.07, 6.45) is -3.49. The van der Waals surface area contributed by atoms with Gasteiger partial charge in [-0.3, -0.25) is 0 Å². The van der Waals surface area contributed by atoms with E-state index in [1.54, 1.807) is 20.8 Å². The highest BCUT2D eigenvalue weighted by molar-refractivity contribution is 7.89. The normalized spacial score (nSPS) is 19.6. The molecule has 2 N–H and O–H groups in total. The van der Waals surface area contributed by atoms with E-state index in [9.17, 15) is 26.4 Å². The van der Waals surface area contributed by atoms with Crippen molar-refractivity contribution in [1.29, 1.82) is 0 Å². The van der Waals surface area contributed by atoms with E-state index in [4.69, 9.17) is 9.47 Å². The van der Waals surface area contributed by atoms with Gasteiger partial charge in [0, 0.05) is 6.54 Å². The van der Waals surface area contributed by atoms with Crippen LogP contribution < -0.4 is 4.72 Å². The highest BCUT2D eigenvalue weighted by atomic mass is 32.2. The molecule has 0 aliphatic carbocycles. The lowest BCUT2D eigenvalue weighted by atomic mass is 10.1. The Morgan fingerprint density at radius 1 is 1.21 bits per heavy atom. The third-order valence-electron chi connectivity index (χ3n) is 4.73. The Kier molecular flexibility index (Phi) is 7.05. The van der Waals surface area contributed by atoms with E-state index in [1.807, 2.05) is 0 Å². The summed E-state index contributed by atoms with van der Waals surface area (Å²) in [5, 5.41) is -0.153. The van der Waals surface area contributed by atoms with E-state index in [0.717, 1.165) is 18.3 Å². The van der Waals surface area contributed by atoms with Crippen molar-refractivity contribution in [3.63, 3.8) is 0 Å². The number of hydrogen-bond acceptors (Lipinski definition) is 6. The number of aromatic nitrogens is 2. The number of ether oxygens (including phenoxy) is 2. The van der Waals surface area contributed by atoms with Crippen LogP contribution in [0.2, 0.25) is 0 Å². The highest BCUT2D eigenvalue weighted by Crippen LogP contribution is 2.29. The average molecular weight is 491 g/mol. The van der Waals surface area contributed by atoms with E-state index < -0.39 is 45.6 Å². The third kappa shape index (κ3) is 6.68. The molecule has 1 aliphatic rings. The molecule has 2 aromatic rings. The fraction of sp³-hybridized carbons (Fsp3) is 0.500. The number of hydrogen-bond donors (Lipinski definition) is 2. The Hall–Kier alpha value is -2.64. The first-order valence-electron chi connectivity index (χ1n) is 10.0. The second-order valence-electron chi connectivity index (χ2n) is 8.57. The number of rotatable bonds is 6. The van der Waals surface area contributed by atoms with Crippen LogP contribution in [0.15, 0.2) is 41.8 Å². The SMILES string of the molecule is CC(C)(C)OC(=O)N1CC(NS(=O)(=O)c2cnc[nH]2)C(OCc2ccc(C(F)(F)F)cc2)C1. The van der Waals surface area contributed by atoms with Crippen molar-refractivity contribution in [1.82, 2.24) is 19.6 Å². The number of imidazole rings is 1. The zero-order chi connectivity index (χ0) is 24.4. The Balaban J connectivity index is 1.73. The molecule has 1 fully saturated rings. The molecule has 1 aromatic carbocycles. The minimum absolute atomic E-state index is 0.0139. The largest absolute Gasteiger partial charge is 0.444 e. The van der Waals surface area contributed by atoms with Gasteiger partial charge in [-0.2, -0.15) is 13.2 Å². The molecule has 0 bridgehead atoms. The van der Waals surface area contributed by atoms with Crippen LogP contribution in [0.4, 0.5) is 18.0 Å². The Morgan fingerprint density at radius 2 is 1.88 bits per heavy atom. The van der Waals surface area contributed by atoms with Crippen LogP contribution in [0.3, 0.4) is 0 Å². The number of nitrogens with one attached hydrogen (secondary N) is 2. The summed E-state index contributed by atoms with van der Waals surface area (Å²) in [6.45, 7) is 5.06. The second-order valence-corrected chi connectivity index (χ2v) is 10.3. The number of sulfonamides is 1. The fourth-order valence-electron chi connectivity index (χ4n) is 3.18. The Labute approximate surface area is 189 Å². The number of aromatic amines is 1. The predicted octanol–water partition coefficient (Wildman–Crippen LogP) is 2.91. The minimum Gasteiger partial charge on any atom is -0.444 e. The maximum Gasteiger partial charge on any atom is 0.416 e. The summed E-state index contributed by atoms with van der Waals surface area (Å²) in [5.41, 5.74) is -1.07. The molecule has 13 heteroatoms. The lowest BCUT2D eigenvalue weighted by Gasteiger charge is -2.24. The zero-order valence-electron chi connectivity index (χ0n) is 18.2.